The smallest absolute Gasteiger partial charge is 0.314 e. The van der Waals surface area contributed by atoms with Crippen molar-refractivity contribution in [2.24, 2.45) is 0 Å². The summed E-state index contributed by atoms with van der Waals surface area (Å²) in [7, 11) is 0. The molecule has 0 amide bonds. The summed E-state index contributed by atoms with van der Waals surface area (Å²) in [6.45, 7) is 0. The van der Waals surface area contributed by atoms with Gasteiger partial charge in [0.1, 0.15) is 5.75 Å². The molecule has 1 N–H and O–H groups in total. The molecule has 2 heterocycles. The van der Waals surface area contributed by atoms with E-state index in [9.17, 15) is 14.9 Å². The van der Waals surface area contributed by atoms with Gasteiger partial charge in [-0.05, 0) is 18.2 Å². The van der Waals surface area contributed by atoms with Gasteiger partial charge in [-0.25, -0.2) is 0 Å². The maximum Gasteiger partial charge on any atom is 0.314 e. The van der Waals surface area contributed by atoms with Crippen molar-refractivity contribution in [3.63, 3.8) is 0 Å². The number of ether oxygens (including phenoxy) is 1. The second-order valence-electron chi connectivity index (χ2n) is 4.96. The van der Waals surface area contributed by atoms with Crippen LogP contribution >= 0.6 is 0 Å². The van der Waals surface area contributed by atoms with Crippen LogP contribution in [0.15, 0.2) is 53.3 Å². The average Bonchev–Trinajstić information content (AvgIpc) is 3.04. The zero-order chi connectivity index (χ0) is 17.1. The van der Waals surface area contributed by atoms with E-state index in [1.807, 2.05) is 6.07 Å². The van der Waals surface area contributed by atoms with Crippen LogP contribution in [0.4, 0.5) is 5.69 Å². The van der Waals surface area contributed by atoms with Crippen LogP contribution < -0.4 is 4.74 Å². The van der Waals surface area contributed by atoms with Crippen LogP contribution in [0.25, 0.3) is 10.9 Å². The number of pyridine rings is 1. The zero-order valence-corrected chi connectivity index (χ0v) is 12.3. The fourth-order valence-corrected chi connectivity index (χ4v) is 2.38. The van der Waals surface area contributed by atoms with E-state index < -0.39 is 23.4 Å². The number of nitro groups is 1. The lowest BCUT2D eigenvalue weighted by atomic mass is 10.1. The van der Waals surface area contributed by atoms with E-state index in [1.54, 1.807) is 24.3 Å². The first-order valence-electron chi connectivity index (χ1n) is 7.00. The van der Waals surface area contributed by atoms with E-state index in [2.05, 4.69) is 4.98 Å². The Kier molecular flexibility index (Phi) is 4.11. The molecule has 122 valence electrons. The number of carboxylic acid groups (broad SMARTS) is 1. The molecule has 3 rings (SSSR count). The third-order valence-electron chi connectivity index (χ3n) is 3.40. The standard InChI is InChI=1S/C16H12N2O6/c19-15(20)9-14(16-12(18(21)22)6-8-23-16)24-13-5-7-17-11-4-2-1-3-10(11)13/h1-8,14H,9H2,(H,19,20). The Hall–Kier alpha value is -3.42. The summed E-state index contributed by atoms with van der Waals surface area (Å²) >= 11 is 0. The van der Waals surface area contributed by atoms with E-state index >= 15 is 0 Å². The largest absolute Gasteiger partial charge is 0.481 e. The Morgan fingerprint density at radius 3 is 2.88 bits per heavy atom. The van der Waals surface area contributed by atoms with E-state index in [0.29, 0.717) is 16.7 Å². The van der Waals surface area contributed by atoms with Crippen molar-refractivity contribution in [1.29, 1.82) is 0 Å². The molecule has 0 fully saturated rings. The van der Waals surface area contributed by atoms with Crippen molar-refractivity contribution in [3.05, 3.63) is 64.7 Å². The van der Waals surface area contributed by atoms with Crippen LogP contribution in [0.3, 0.4) is 0 Å². The highest BCUT2D eigenvalue weighted by Crippen LogP contribution is 2.34. The predicted molar refractivity (Wildman–Crippen MR) is 82.7 cm³/mol. The number of carboxylic acids is 1. The fraction of sp³-hybridized carbons (Fsp3) is 0.125. The molecule has 8 nitrogen and oxygen atoms in total. The normalized spacial score (nSPS) is 12.0. The van der Waals surface area contributed by atoms with Crippen LogP contribution in [-0.4, -0.2) is 21.0 Å². The molecule has 24 heavy (non-hydrogen) atoms. The van der Waals surface area contributed by atoms with Crippen LogP contribution in [0.1, 0.15) is 18.3 Å². The lowest BCUT2D eigenvalue weighted by Crippen LogP contribution is -2.13. The summed E-state index contributed by atoms with van der Waals surface area (Å²) < 4.78 is 10.9. The van der Waals surface area contributed by atoms with Crippen molar-refractivity contribution in [2.45, 2.75) is 12.5 Å². The first-order valence-corrected chi connectivity index (χ1v) is 7.00. The van der Waals surface area contributed by atoms with Crippen molar-refractivity contribution in [1.82, 2.24) is 4.98 Å². The number of fused-ring (bicyclic) bond motifs is 1. The minimum Gasteiger partial charge on any atom is -0.481 e. The van der Waals surface area contributed by atoms with Gasteiger partial charge in [0.05, 0.1) is 29.2 Å². The Morgan fingerprint density at radius 2 is 2.12 bits per heavy atom. The number of rotatable bonds is 6. The highest BCUT2D eigenvalue weighted by Gasteiger charge is 2.30. The third-order valence-corrected chi connectivity index (χ3v) is 3.40. The zero-order valence-electron chi connectivity index (χ0n) is 12.3. The van der Waals surface area contributed by atoms with E-state index in [-0.39, 0.29) is 11.4 Å². The van der Waals surface area contributed by atoms with Gasteiger partial charge in [0.25, 0.3) is 0 Å². The van der Waals surface area contributed by atoms with Gasteiger partial charge < -0.3 is 14.3 Å². The minimum absolute atomic E-state index is 0.136. The first-order chi connectivity index (χ1) is 11.6. The van der Waals surface area contributed by atoms with Crippen molar-refractivity contribution >= 4 is 22.6 Å². The van der Waals surface area contributed by atoms with Gasteiger partial charge in [0.2, 0.25) is 5.76 Å². The summed E-state index contributed by atoms with van der Waals surface area (Å²) in [6, 6.07) is 9.89. The molecule has 0 bridgehead atoms. The maximum absolute atomic E-state index is 11.1. The lowest BCUT2D eigenvalue weighted by molar-refractivity contribution is -0.386. The molecule has 0 saturated carbocycles. The van der Waals surface area contributed by atoms with Crippen molar-refractivity contribution in [2.75, 3.05) is 0 Å². The molecule has 1 unspecified atom stereocenters. The van der Waals surface area contributed by atoms with Crippen LogP contribution in [0, 0.1) is 10.1 Å². The minimum atomic E-state index is -1.16. The van der Waals surface area contributed by atoms with E-state index in [4.69, 9.17) is 14.3 Å². The number of nitrogens with zero attached hydrogens (tertiary/aromatic N) is 2. The molecule has 1 aromatic carbocycles. The number of hydrogen-bond acceptors (Lipinski definition) is 6. The molecule has 0 aliphatic rings. The highest BCUT2D eigenvalue weighted by atomic mass is 16.6. The third kappa shape index (κ3) is 3.02. The monoisotopic (exact) mass is 328 g/mol. The highest BCUT2D eigenvalue weighted by molar-refractivity contribution is 5.84. The average molecular weight is 328 g/mol. The fourth-order valence-electron chi connectivity index (χ4n) is 2.38. The second kappa shape index (κ2) is 6.37. The summed E-state index contributed by atoms with van der Waals surface area (Å²) in [5.41, 5.74) is 0.345. The molecule has 0 aliphatic heterocycles. The summed E-state index contributed by atoms with van der Waals surface area (Å²) in [5, 5.41) is 20.8. The van der Waals surface area contributed by atoms with E-state index in [0.717, 1.165) is 12.3 Å². The molecular weight excluding hydrogens is 316 g/mol. The number of hydrogen-bond donors (Lipinski definition) is 1. The van der Waals surface area contributed by atoms with E-state index in [1.165, 1.54) is 6.20 Å². The molecule has 3 aromatic rings. The first kappa shape index (κ1) is 15.5. The van der Waals surface area contributed by atoms with Crippen LogP contribution in [0.2, 0.25) is 0 Å². The Labute approximate surface area is 135 Å². The number of aromatic nitrogens is 1. The lowest BCUT2D eigenvalue weighted by Gasteiger charge is -2.16. The Bertz CT molecular complexity index is 899. The number of benzene rings is 1. The predicted octanol–water partition coefficient (Wildman–Crippen LogP) is 3.33. The topological polar surface area (TPSA) is 116 Å². The van der Waals surface area contributed by atoms with Crippen molar-refractivity contribution < 1.29 is 24.0 Å². The second-order valence-corrected chi connectivity index (χ2v) is 4.96. The number of aliphatic carboxylic acids is 1. The quantitative estimate of drug-likeness (QED) is 0.545. The van der Waals surface area contributed by atoms with Crippen molar-refractivity contribution in [3.8, 4) is 5.75 Å². The Balaban J connectivity index is 2.02. The maximum atomic E-state index is 11.1. The SMILES string of the molecule is O=C(O)CC(Oc1ccnc2ccccc12)c1occc1[N+](=O)[O-]. The van der Waals surface area contributed by atoms with Gasteiger partial charge in [-0.2, -0.15) is 0 Å². The van der Waals surface area contributed by atoms with Gasteiger partial charge in [0.15, 0.2) is 6.10 Å². The number of carbonyl (C=O) groups is 1. The molecular formula is C16H12N2O6. The molecule has 0 saturated heterocycles. The molecule has 0 aliphatic carbocycles. The molecule has 8 heteroatoms. The van der Waals surface area contributed by atoms with Gasteiger partial charge in [-0.3, -0.25) is 19.9 Å². The van der Waals surface area contributed by atoms with Gasteiger partial charge in [0, 0.05) is 11.6 Å². The molecule has 0 radical (unpaired) electrons. The van der Waals surface area contributed by atoms with Gasteiger partial charge >= 0.3 is 11.7 Å². The molecule has 1 atom stereocenters. The number of para-hydroxylation sites is 1. The van der Waals surface area contributed by atoms with Gasteiger partial charge in [-0.1, -0.05) is 12.1 Å². The Morgan fingerprint density at radius 1 is 1.33 bits per heavy atom. The summed E-state index contributed by atoms with van der Waals surface area (Å²) in [6.07, 6.45) is 1.04. The van der Waals surface area contributed by atoms with Crippen LogP contribution in [0.5, 0.6) is 5.75 Å². The number of furan rings is 1. The summed E-state index contributed by atoms with van der Waals surface area (Å²) in [5.74, 6) is -0.926. The van der Waals surface area contributed by atoms with Crippen LogP contribution in [-0.2, 0) is 4.79 Å². The molecule has 2 aromatic heterocycles. The van der Waals surface area contributed by atoms with Gasteiger partial charge in [-0.15, -0.1) is 0 Å². The summed E-state index contributed by atoms with van der Waals surface area (Å²) in [4.78, 5) is 25.8. The molecule has 0 spiro atoms.